The molecule has 0 saturated carbocycles. The number of carbonyl (C=O) groups is 1. The smallest absolute Gasteiger partial charge is 0.152 e. The van der Waals surface area contributed by atoms with Gasteiger partial charge >= 0.3 is 0 Å². The number of benzene rings is 1. The molecule has 1 aromatic carbocycles. The van der Waals surface area contributed by atoms with Crippen molar-refractivity contribution in [3.63, 3.8) is 0 Å². The third-order valence-corrected chi connectivity index (χ3v) is 2.87. The number of aldehydes is 1. The predicted octanol–water partition coefficient (Wildman–Crippen LogP) is 0.836. The first-order chi connectivity index (χ1) is 8.27. The predicted molar refractivity (Wildman–Crippen MR) is 60.8 cm³/mol. The Morgan fingerprint density at radius 2 is 2.41 bits per heavy atom. The lowest BCUT2D eigenvalue weighted by Crippen LogP contribution is -2.48. The van der Waals surface area contributed by atoms with Gasteiger partial charge in [0, 0.05) is 12.1 Å². The van der Waals surface area contributed by atoms with E-state index in [0.29, 0.717) is 31.6 Å². The van der Waals surface area contributed by atoms with Gasteiger partial charge in [-0.1, -0.05) is 6.07 Å². The van der Waals surface area contributed by atoms with Crippen LogP contribution in [-0.4, -0.2) is 43.8 Å². The van der Waals surface area contributed by atoms with Crippen molar-refractivity contribution in [2.45, 2.75) is 6.04 Å². The molecule has 1 saturated heterocycles. The van der Waals surface area contributed by atoms with Gasteiger partial charge in [0.2, 0.25) is 0 Å². The molecule has 1 aliphatic heterocycles. The Kier molecular flexibility index (Phi) is 3.71. The summed E-state index contributed by atoms with van der Waals surface area (Å²) in [4.78, 5) is 12.6. The van der Waals surface area contributed by atoms with Gasteiger partial charge in [-0.2, -0.15) is 0 Å². The van der Waals surface area contributed by atoms with Crippen LogP contribution in [0.1, 0.15) is 10.4 Å². The molecule has 17 heavy (non-hydrogen) atoms. The standard InChI is InChI=1S/C12H14FNO3/c13-11-3-1-2-9(6-15)12(11)14-4-5-17-8-10(14)7-16/h1-3,6,10,16H,4-5,7-8H2. The lowest BCUT2D eigenvalue weighted by molar-refractivity contribution is 0.0722. The highest BCUT2D eigenvalue weighted by Crippen LogP contribution is 2.26. The first kappa shape index (κ1) is 12.0. The SMILES string of the molecule is O=Cc1cccc(F)c1N1CCOCC1CO. The van der Waals surface area contributed by atoms with E-state index in [1.54, 1.807) is 11.0 Å². The second kappa shape index (κ2) is 5.25. The molecule has 1 atom stereocenters. The van der Waals surface area contributed by atoms with Crippen molar-refractivity contribution < 1.29 is 19.0 Å². The minimum atomic E-state index is -0.449. The Labute approximate surface area is 98.6 Å². The number of carbonyl (C=O) groups excluding carboxylic acids is 1. The first-order valence-electron chi connectivity index (χ1n) is 5.47. The average molecular weight is 239 g/mol. The molecule has 1 aromatic rings. The molecule has 1 unspecified atom stereocenters. The molecule has 1 fully saturated rings. The maximum atomic E-state index is 13.8. The number of morpholine rings is 1. The fourth-order valence-electron chi connectivity index (χ4n) is 2.03. The van der Waals surface area contributed by atoms with Gasteiger partial charge in [0.25, 0.3) is 0 Å². The fraction of sp³-hybridized carbons (Fsp3) is 0.417. The average Bonchev–Trinajstić information content (AvgIpc) is 2.38. The maximum Gasteiger partial charge on any atom is 0.152 e. The number of halogens is 1. The zero-order valence-corrected chi connectivity index (χ0v) is 9.30. The molecular weight excluding hydrogens is 225 g/mol. The normalized spacial score (nSPS) is 20.4. The zero-order chi connectivity index (χ0) is 12.3. The second-order valence-electron chi connectivity index (χ2n) is 3.90. The van der Waals surface area contributed by atoms with E-state index in [-0.39, 0.29) is 18.3 Å². The number of rotatable bonds is 3. The molecule has 4 nitrogen and oxygen atoms in total. The van der Waals surface area contributed by atoms with Crippen LogP contribution >= 0.6 is 0 Å². The van der Waals surface area contributed by atoms with E-state index in [0.717, 1.165) is 0 Å². The van der Waals surface area contributed by atoms with E-state index in [4.69, 9.17) is 4.74 Å². The molecule has 92 valence electrons. The van der Waals surface area contributed by atoms with E-state index in [1.807, 2.05) is 0 Å². The van der Waals surface area contributed by atoms with E-state index >= 15 is 0 Å². The summed E-state index contributed by atoms with van der Waals surface area (Å²) in [6, 6.07) is 4.07. The number of para-hydroxylation sites is 1. The van der Waals surface area contributed by atoms with Crippen molar-refractivity contribution in [2.75, 3.05) is 31.3 Å². The molecule has 2 rings (SSSR count). The highest BCUT2D eigenvalue weighted by Gasteiger charge is 2.26. The summed E-state index contributed by atoms with van der Waals surface area (Å²) in [6.07, 6.45) is 0.627. The lowest BCUT2D eigenvalue weighted by atomic mass is 10.1. The van der Waals surface area contributed by atoms with Crippen molar-refractivity contribution in [1.82, 2.24) is 0 Å². The molecule has 5 heteroatoms. The van der Waals surface area contributed by atoms with Crippen molar-refractivity contribution in [3.05, 3.63) is 29.6 Å². The van der Waals surface area contributed by atoms with Gasteiger partial charge in [-0.05, 0) is 12.1 Å². The molecule has 0 spiro atoms. The highest BCUT2D eigenvalue weighted by molar-refractivity contribution is 5.85. The molecule has 1 aliphatic rings. The van der Waals surface area contributed by atoms with E-state index < -0.39 is 5.82 Å². The van der Waals surface area contributed by atoms with Crippen LogP contribution in [0.15, 0.2) is 18.2 Å². The Morgan fingerprint density at radius 1 is 1.59 bits per heavy atom. The largest absolute Gasteiger partial charge is 0.394 e. The third-order valence-electron chi connectivity index (χ3n) is 2.87. The number of aliphatic hydroxyl groups is 1. The second-order valence-corrected chi connectivity index (χ2v) is 3.90. The molecule has 1 N–H and O–H groups in total. The van der Waals surface area contributed by atoms with Crippen molar-refractivity contribution in [3.8, 4) is 0 Å². The molecule has 0 radical (unpaired) electrons. The van der Waals surface area contributed by atoms with Gasteiger partial charge in [0.05, 0.1) is 31.5 Å². The van der Waals surface area contributed by atoms with E-state index in [9.17, 15) is 14.3 Å². The van der Waals surface area contributed by atoms with Crippen LogP contribution in [0.2, 0.25) is 0 Å². The Hall–Kier alpha value is -1.46. The summed E-state index contributed by atoms with van der Waals surface area (Å²) in [5, 5.41) is 9.24. The van der Waals surface area contributed by atoms with E-state index in [2.05, 4.69) is 0 Å². The van der Waals surface area contributed by atoms with Crippen LogP contribution in [0.25, 0.3) is 0 Å². The zero-order valence-electron chi connectivity index (χ0n) is 9.30. The summed E-state index contributed by atoms with van der Waals surface area (Å²) < 4.78 is 19.0. The molecule has 0 aliphatic carbocycles. The topological polar surface area (TPSA) is 49.8 Å². The Balaban J connectivity index is 2.40. The number of ether oxygens (including phenoxy) is 1. The van der Waals surface area contributed by atoms with Gasteiger partial charge in [-0.3, -0.25) is 4.79 Å². The monoisotopic (exact) mass is 239 g/mol. The maximum absolute atomic E-state index is 13.8. The molecule has 0 bridgehead atoms. The lowest BCUT2D eigenvalue weighted by Gasteiger charge is -2.37. The third kappa shape index (κ3) is 2.30. The number of nitrogens with zero attached hydrogens (tertiary/aromatic N) is 1. The quantitative estimate of drug-likeness (QED) is 0.794. The fourth-order valence-corrected chi connectivity index (χ4v) is 2.03. The summed E-state index contributed by atoms with van der Waals surface area (Å²) in [5.41, 5.74) is 0.551. The molecular formula is C12H14FNO3. The molecule has 1 heterocycles. The van der Waals surface area contributed by atoms with Gasteiger partial charge < -0.3 is 14.7 Å². The van der Waals surface area contributed by atoms with Crippen LogP contribution in [0, 0.1) is 5.82 Å². The van der Waals surface area contributed by atoms with Crippen LogP contribution in [0.4, 0.5) is 10.1 Å². The van der Waals surface area contributed by atoms with Crippen molar-refractivity contribution in [1.29, 1.82) is 0 Å². The Morgan fingerprint density at radius 3 is 3.12 bits per heavy atom. The van der Waals surface area contributed by atoms with Gasteiger partial charge in [-0.25, -0.2) is 4.39 Å². The van der Waals surface area contributed by atoms with Crippen molar-refractivity contribution in [2.24, 2.45) is 0 Å². The summed E-state index contributed by atoms with van der Waals surface area (Å²) in [7, 11) is 0. The van der Waals surface area contributed by atoms with Gasteiger partial charge in [-0.15, -0.1) is 0 Å². The van der Waals surface area contributed by atoms with Crippen molar-refractivity contribution >= 4 is 12.0 Å². The summed E-state index contributed by atoms with van der Waals surface area (Å²) in [6.45, 7) is 1.13. The number of anilines is 1. The van der Waals surface area contributed by atoms with Crippen LogP contribution < -0.4 is 4.90 Å². The highest BCUT2D eigenvalue weighted by atomic mass is 19.1. The van der Waals surface area contributed by atoms with Gasteiger partial charge in [0.15, 0.2) is 6.29 Å². The summed E-state index contributed by atoms with van der Waals surface area (Å²) >= 11 is 0. The Bertz CT molecular complexity index is 411. The number of hydrogen-bond donors (Lipinski definition) is 1. The number of hydrogen-bond acceptors (Lipinski definition) is 4. The van der Waals surface area contributed by atoms with Crippen LogP contribution in [0.3, 0.4) is 0 Å². The van der Waals surface area contributed by atoms with Crippen LogP contribution in [-0.2, 0) is 4.74 Å². The molecule has 0 amide bonds. The summed E-state index contributed by atoms with van der Waals surface area (Å²) in [5.74, 6) is -0.449. The number of aliphatic hydroxyl groups excluding tert-OH is 1. The molecule has 0 aromatic heterocycles. The van der Waals surface area contributed by atoms with Crippen LogP contribution in [0.5, 0.6) is 0 Å². The van der Waals surface area contributed by atoms with Gasteiger partial charge in [0.1, 0.15) is 5.82 Å². The minimum absolute atomic E-state index is 0.132. The first-order valence-corrected chi connectivity index (χ1v) is 5.47. The minimum Gasteiger partial charge on any atom is -0.394 e. The van der Waals surface area contributed by atoms with E-state index in [1.165, 1.54) is 12.1 Å².